The van der Waals surface area contributed by atoms with E-state index < -0.39 is 41.9 Å². The maximum atomic E-state index is 14.2. The summed E-state index contributed by atoms with van der Waals surface area (Å²) < 4.78 is 34.3. The van der Waals surface area contributed by atoms with Crippen LogP contribution in [-0.4, -0.2) is 125 Å². The summed E-state index contributed by atoms with van der Waals surface area (Å²) in [6.45, 7) is 9.71. The minimum Gasteiger partial charge on any atom is -0.453 e. The number of nitrogens with one attached hydrogen (secondary N) is 4. The van der Waals surface area contributed by atoms with E-state index in [9.17, 15) is 19.2 Å². The van der Waals surface area contributed by atoms with Gasteiger partial charge in [0.1, 0.15) is 23.4 Å². The Hall–Kier alpha value is -6.34. The lowest BCUT2D eigenvalue weighted by molar-refractivity contribution is -0.258. The van der Waals surface area contributed by atoms with Crippen LogP contribution in [0, 0.1) is 5.92 Å². The molecule has 4 fully saturated rings. The predicted molar refractivity (Wildman–Crippen MR) is 241 cm³/mol. The van der Waals surface area contributed by atoms with Crippen molar-refractivity contribution in [1.29, 1.82) is 0 Å². The standard InChI is InChI=1S/C48H56N8O10/c1-27(2)39(53-45(59)61-5)43(57)55-25-47(63-17-7-18-64-47)23-37(55)41-49-33-15-13-31(21-35(33)51-41)29-9-11-30(12-10-29)32-14-16-34-36(22-32)52-42(50-34)38-24-48(65-19-8-20-66-48)26-56(38)44(58)40(28(3)4)54-46(60)62-6/h9-16,21-22,27,37-39H,7-8,17-20,23-26H2,1-6H3,(H,49,51)(H,50,52)(H,53,59)(H,54,60)/t37-,38-,39-/m0/s1. The van der Waals surface area contributed by atoms with E-state index in [4.69, 9.17) is 38.4 Å². The summed E-state index contributed by atoms with van der Waals surface area (Å²) in [7, 11) is 2.53. The Labute approximate surface area is 381 Å². The van der Waals surface area contributed by atoms with E-state index in [1.165, 1.54) is 14.2 Å². The number of aromatic nitrogens is 4. The maximum Gasteiger partial charge on any atom is 0.411 e. The number of imidazole rings is 2. The van der Waals surface area contributed by atoms with Gasteiger partial charge in [0.15, 0.2) is 11.6 Å². The van der Waals surface area contributed by atoms with E-state index in [2.05, 4.69) is 50.9 Å². The van der Waals surface area contributed by atoms with Crippen molar-refractivity contribution in [2.75, 3.05) is 53.7 Å². The Morgan fingerprint density at radius 1 is 0.682 bits per heavy atom. The molecule has 6 heterocycles. The van der Waals surface area contributed by atoms with Crippen molar-refractivity contribution in [3.05, 3.63) is 83.6 Å². The number of carbonyl (C=O) groups is 4. The quantitative estimate of drug-likeness (QED) is 0.115. The molecule has 9 rings (SSSR count). The Morgan fingerprint density at radius 3 is 1.59 bits per heavy atom. The number of amides is 4. The topological polar surface area (TPSA) is 212 Å². The zero-order valence-electron chi connectivity index (χ0n) is 38.0. The van der Waals surface area contributed by atoms with Gasteiger partial charge >= 0.3 is 12.2 Å². The third-order valence-electron chi connectivity index (χ3n) is 12.9. The van der Waals surface area contributed by atoms with Gasteiger partial charge in [0.2, 0.25) is 5.91 Å². The number of allylic oxidation sites excluding steroid dienone is 1. The molecule has 66 heavy (non-hydrogen) atoms. The van der Waals surface area contributed by atoms with Crippen molar-refractivity contribution in [3.8, 4) is 22.3 Å². The molecule has 3 aromatic carbocycles. The van der Waals surface area contributed by atoms with Crippen LogP contribution in [0.15, 0.2) is 71.9 Å². The fraction of sp³-hybridized carbons (Fsp3) is 0.458. The molecule has 4 N–H and O–H groups in total. The Kier molecular flexibility index (Phi) is 12.3. The summed E-state index contributed by atoms with van der Waals surface area (Å²) in [6, 6.07) is 18.5. The van der Waals surface area contributed by atoms with Crippen molar-refractivity contribution in [2.24, 2.45) is 5.92 Å². The molecule has 0 unspecified atom stereocenters. The summed E-state index contributed by atoms with van der Waals surface area (Å²) in [5.41, 5.74) is 7.81. The Morgan fingerprint density at radius 2 is 1.14 bits per heavy atom. The first-order valence-electron chi connectivity index (χ1n) is 22.4. The number of rotatable bonds is 9. The van der Waals surface area contributed by atoms with Gasteiger partial charge in [-0.15, -0.1) is 0 Å². The molecule has 4 saturated heterocycles. The monoisotopic (exact) mass is 904 g/mol. The van der Waals surface area contributed by atoms with Crippen molar-refractivity contribution in [1.82, 2.24) is 40.4 Å². The Balaban J connectivity index is 0.953. The second kappa shape index (κ2) is 18.1. The van der Waals surface area contributed by atoms with Crippen LogP contribution in [0.4, 0.5) is 9.59 Å². The second-order valence-corrected chi connectivity index (χ2v) is 17.9. The highest BCUT2D eigenvalue weighted by atomic mass is 16.7. The summed E-state index contributed by atoms with van der Waals surface area (Å²) in [5.74, 6) is -1.63. The van der Waals surface area contributed by atoms with Crippen molar-refractivity contribution < 1.29 is 47.6 Å². The van der Waals surface area contributed by atoms with Gasteiger partial charge in [-0.3, -0.25) is 14.9 Å². The maximum absolute atomic E-state index is 14.2. The number of aromatic amines is 2. The lowest BCUT2D eigenvalue weighted by Gasteiger charge is -2.34. The van der Waals surface area contributed by atoms with Crippen molar-refractivity contribution in [2.45, 2.75) is 83.1 Å². The predicted octanol–water partition coefficient (Wildman–Crippen LogP) is 6.62. The Bertz CT molecular complexity index is 2680. The smallest absolute Gasteiger partial charge is 0.411 e. The molecule has 18 heteroatoms. The molecule has 0 radical (unpaired) electrons. The van der Waals surface area contributed by atoms with Gasteiger partial charge in [0.25, 0.3) is 5.91 Å². The number of carbonyl (C=O) groups excluding carboxylic acids is 4. The number of methoxy groups -OCH3 is 2. The minimum absolute atomic E-state index is 0.130. The molecule has 2 spiro atoms. The lowest BCUT2D eigenvalue weighted by atomic mass is 10.00. The van der Waals surface area contributed by atoms with Gasteiger partial charge in [-0.05, 0) is 84.7 Å². The van der Waals surface area contributed by atoms with Crippen molar-refractivity contribution in [3.63, 3.8) is 0 Å². The average Bonchev–Trinajstić information content (AvgIpc) is 4.12. The normalized spacial score (nSPS) is 20.5. The van der Waals surface area contributed by atoms with Gasteiger partial charge in [0.05, 0.1) is 87.9 Å². The number of ether oxygens (including phenoxy) is 6. The summed E-state index contributed by atoms with van der Waals surface area (Å²) >= 11 is 0. The van der Waals surface area contributed by atoms with Crippen LogP contribution in [0.1, 0.15) is 77.1 Å². The van der Waals surface area contributed by atoms with Crippen LogP contribution in [-0.2, 0) is 38.0 Å². The van der Waals surface area contributed by atoms with Crippen LogP contribution >= 0.6 is 0 Å². The molecule has 4 aliphatic heterocycles. The summed E-state index contributed by atoms with van der Waals surface area (Å²) in [4.78, 5) is 73.0. The molecule has 4 amide bonds. The number of hydrogen-bond acceptors (Lipinski definition) is 12. The van der Waals surface area contributed by atoms with Crippen LogP contribution in [0.2, 0.25) is 0 Å². The number of likely N-dealkylation sites (tertiary alicyclic amines) is 2. The number of fused-ring (bicyclic) bond motifs is 2. The first-order valence-corrected chi connectivity index (χ1v) is 22.4. The SMILES string of the molecule is COC(=O)NC(C(=O)N1CC2(C[C@H]1c1nc3ccc(-c4ccc(-c5ccc6nc([C@@H]7CC8(CN7C(=O)[C@@H](NC(=O)OC)C(C)C)OCCCO8)[nH]c6c5)cc4)cc3[nH]1)OCCCO2)=C(C)C. The summed E-state index contributed by atoms with van der Waals surface area (Å²) in [5, 5.41) is 5.31. The fourth-order valence-corrected chi connectivity index (χ4v) is 9.42. The first-order chi connectivity index (χ1) is 31.8. The van der Waals surface area contributed by atoms with E-state index in [1.54, 1.807) is 23.6 Å². The molecular weight excluding hydrogens is 849 g/mol. The molecule has 2 aromatic heterocycles. The largest absolute Gasteiger partial charge is 0.453 e. The highest BCUT2D eigenvalue weighted by molar-refractivity contribution is 5.97. The number of benzene rings is 3. The molecular formula is C48H56N8O10. The number of nitrogens with zero attached hydrogens (tertiary/aromatic N) is 4. The average molecular weight is 905 g/mol. The molecule has 5 aromatic rings. The van der Waals surface area contributed by atoms with Gasteiger partial charge in [0, 0.05) is 12.8 Å². The summed E-state index contributed by atoms with van der Waals surface area (Å²) in [6.07, 6.45) is 0.869. The van der Waals surface area contributed by atoms with Crippen molar-refractivity contribution >= 4 is 46.1 Å². The lowest BCUT2D eigenvalue weighted by Crippen LogP contribution is -2.52. The number of hydrogen-bond donors (Lipinski definition) is 4. The fourth-order valence-electron chi connectivity index (χ4n) is 9.42. The van der Waals surface area contributed by atoms with Gasteiger partial charge in [-0.25, -0.2) is 19.6 Å². The van der Waals surface area contributed by atoms with Gasteiger partial charge in [-0.1, -0.05) is 50.2 Å². The van der Waals surface area contributed by atoms with E-state index in [-0.39, 0.29) is 36.5 Å². The third kappa shape index (κ3) is 8.72. The van der Waals surface area contributed by atoms with Gasteiger partial charge in [-0.2, -0.15) is 0 Å². The van der Waals surface area contributed by atoms with E-state index >= 15 is 0 Å². The van der Waals surface area contributed by atoms with Gasteiger partial charge < -0.3 is 53.5 Å². The van der Waals surface area contributed by atoms with E-state index in [1.807, 2.05) is 44.2 Å². The van der Waals surface area contributed by atoms with Crippen LogP contribution in [0.5, 0.6) is 0 Å². The molecule has 0 saturated carbocycles. The molecule has 0 bridgehead atoms. The zero-order chi connectivity index (χ0) is 46.3. The van der Waals surface area contributed by atoms with E-state index in [0.717, 1.165) is 57.2 Å². The van der Waals surface area contributed by atoms with E-state index in [0.29, 0.717) is 56.5 Å². The zero-order valence-corrected chi connectivity index (χ0v) is 38.0. The molecule has 348 valence electrons. The third-order valence-corrected chi connectivity index (χ3v) is 12.9. The van der Waals surface area contributed by atoms with Crippen LogP contribution < -0.4 is 10.6 Å². The molecule has 0 aliphatic carbocycles. The van der Waals surface area contributed by atoms with Crippen LogP contribution in [0.3, 0.4) is 0 Å². The van der Waals surface area contributed by atoms with Crippen LogP contribution in [0.25, 0.3) is 44.3 Å². The highest BCUT2D eigenvalue weighted by Crippen LogP contribution is 2.44. The molecule has 4 aliphatic rings. The minimum atomic E-state index is -0.990. The number of alkyl carbamates (subject to hydrolysis) is 2. The number of H-pyrrole nitrogens is 2. The second-order valence-electron chi connectivity index (χ2n) is 17.9. The highest BCUT2D eigenvalue weighted by Gasteiger charge is 2.53. The first kappa shape index (κ1) is 44.8. The molecule has 18 nitrogen and oxygen atoms in total. The molecule has 3 atom stereocenters.